The molecule has 44 heavy (non-hydrogen) atoms. The van der Waals surface area contributed by atoms with E-state index in [-0.39, 0.29) is 11.1 Å². The number of benzene rings is 2. The normalized spacial score (nSPS) is 18.7. The number of para-hydroxylation sites is 2. The van der Waals surface area contributed by atoms with Gasteiger partial charge < -0.3 is 30.8 Å². The maximum absolute atomic E-state index is 13.3. The van der Waals surface area contributed by atoms with E-state index < -0.39 is 23.0 Å². The molecule has 4 aromatic rings. The summed E-state index contributed by atoms with van der Waals surface area (Å²) in [5.74, 6) is -2.24. The number of carboxylic acids is 2. The van der Waals surface area contributed by atoms with E-state index in [9.17, 15) is 19.8 Å². The van der Waals surface area contributed by atoms with Crippen LogP contribution in [0.1, 0.15) is 75.3 Å². The smallest absolute Gasteiger partial charge is 0.334 e. The summed E-state index contributed by atoms with van der Waals surface area (Å²) in [6.07, 6.45) is 13.4. The van der Waals surface area contributed by atoms with E-state index in [2.05, 4.69) is 44.9 Å². The van der Waals surface area contributed by atoms with Crippen molar-refractivity contribution in [3.8, 4) is 0 Å². The van der Waals surface area contributed by atoms with Gasteiger partial charge in [0.1, 0.15) is 0 Å². The predicted octanol–water partition coefficient (Wildman–Crippen LogP) is 6.49. The monoisotopic (exact) mass is 596 g/mol. The lowest BCUT2D eigenvalue weighted by molar-refractivity contribution is -0.137. The Labute approximate surface area is 258 Å². The van der Waals surface area contributed by atoms with Crippen molar-refractivity contribution >= 4 is 33.7 Å². The summed E-state index contributed by atoms with van der Waals surface area (Å²) in [5, 5.41) is 31.4. The molecule has 0 saturated heterocycles. The van der Waals surface area contributed by atoms with Crippen molar-refractivity contribution in [1.82, 2.24) is 20.6 Å². The summed E-state index contributed by atoms with van der Waals surface area (Å²) in [5.41, 5.74) is 2.82. The Morgan fingerprint density at radius 3 is 1.39 bits per heavy atom. The molecular formula is C36H44N4O4. The highest BCUT2D eigenvalue weighted by molar-refractivity contribution is 6.02. The number of carboxylic acid groups (broad SMARTS) is 2. The largest absolute Gasteiger partial charge is 0.478 e. The van der Waals surface area contributed by atoms with E-state index in [1.54, 1.807) is 0 Å². The van der Waals surface area contributed by atoms with Crippen molar-refractivity contribution in [2.45, 2.75) is 88.1 Å². The van der Waals surface area contributed by atoms with Crippen LogP contribution in [0.2, 0.25) is 0 Å². The van der Waals surface area contributed by atoms with Gasteiger partial charge in [0.25, 0.3) is 0 Å². The number of rotatable bonds is 12. The molecule has 0 aliphatic heterocycles. The van der Waals surface area contributed by atoms with Gasteiger partial charge in [0.05, 0.1) is 22.2 Å². The van der Waals surface area contributed by atoms with Gasteiger partial charge in [-0.1, -0.05) is 74.9 Å². The molecule has 0 amide bonds. The fraction of sp³-hybridized carbons (Fsp3) is 0.444. The summed E-state index contributed by atoms with van der Waals surface area (Å²) in [6, 6.07) is 16.3. The molecule has 2 heterocycles. The molecule has 8 heteroatoms. The maximum atomic E-state index is 13.3. The van der Waals surface area contributed by atoms with Crippen LogP contribution in [0.3, 0.4) is 0 Å². The second-order valence-electron chi connectivity index (χ2n) is 12.7. The highest BCUT2D eigenvalue weighted by Gasteiger charge is 2.49. The molecule has 6 N–H and O–H groups in total. The van der Waals surface area contributed by atoms with Crippen molar-refractivity contribution in [2.24, 2.45) is 0 Å². The Hall–Kier alpha value is -3.88. The Bertz CT molecular complexity index is 1530. The fourth-order valence-electron chi connectivity index (χ4n) is 7.99. The molecule has 2 saturated carbocycles. The number of aliphatic carboxylic acids is 2. The first-order valence-electron chi connectivity index (χ1n) is 16.2. The Kier molecular flexibility index (Phi) is 8.91. The van der Waals surface area contributed by atoms with Gasteiger partial charge in [0, 0.05) is 47.3 Å². The highest BCUT2D eigenvalue weighted by atomic mass is 16.4. The topological polar surface area (TPSA) is 130 Å². The third kappa shape index (κ3) is 5.93. The molecule has 0 bridgehead atoms. The minimum Gasteiger partial charge on any atom is -0.478 e. The number of carbonyl (C=O) groups is 2. The van der Waals surface area contributed by atoms with Crippen LogP contribution in [-0.4, -0.2) is 56.3 Å². The van der Waals surface area contributed by atoms with E-state index in [0.717, 1.165) is 73.2 Å². The van der Waals surface area contributed by atoms with Gasteiger partial charge >= 0.3 is 11.9 Å². The molecule has 232 valence electrons. The van der Waals surface area contributed by atoms with Crippen molar-refractivity contribution in [1.29, 1.82) is 0 Å². The first-order chi connectivity index (χ1) is 21.4. The summed E-state index contributed by atoms with van der Waals surface area (Å²) in [6.45, 7) is 1.12. The first-order valence-corrected chi connectivity index (χ1v) is 16.2. The highest BCUT2D eigenvalue weighted by Crippen LogP contribution is 2.43. The van der Waals surface area contributed by atoms with Crippen LogP contribution in [0.25, 0.3) is 21.8 Å². The molecule has 0 atom stereocenters. The molecule has 8 nitrogen and oxygen atoms in total. The van der Waals surface area contributed by atoms with Crippen LogP contribution in [0.15, 0.2) is 72.1 Å². The molecular weight excluding hydrogens is 552 g/mol. The number of aromatic amines is 2. The van der Waals surface area contributed by atoms with Crippen molar-refractivity contribution in [3.05, 3.63) is 83.2 Å². The second-order valence-corrected chi connectivity index (χ2v) is 12.7. The van der Waals surface area contributed by atoms with Gasteiger partial charge in [-0.25, -0.2) is 9.59 Å². The average molecular weight is 597 g/mol. The van der Waals surface area contributed by atoms with Gasteiger partial charge in [-0.2, -0.15) is 0 Å². The quantitative estimate of drug-likeness (QED) is 0.104. The van der Waals surface area contributed by atoms with Crippen molar-refractivity contribution in [3.63, 3.8) is 0 Å². The number of fused-ring (bicyclic) bond motifs is 2. The van der Waals surface area contributed by atoms with Crippen LogP contribution in [0.4, 0.5) is 0 Å². The minimum absolute atomic E-state index is 0.0603. The van der Waals surface area contributed by atoms with Crippen LogP contribution >= 0.6 is 0 Å². The molecule has 2 aromatic heterocycles. The van der Waals surface area contributed by atoms with E-state index in [0.29, 0.717) is 38.8 Å². The van der Waals surface area contributed by atoms with Gasteiger partial charge in [0.2, 0.25) is 0 Å². The van der Waals surface area contributed by atoms with E-state index in [1.807, 2.05) is 36.7 Å². The van der Waals surface area contributed by atoms with E-state index in [1.165, 1.54) is 11.1 Å². The minimum atomic E-state index is -1.12. The Balaban J connectivity index is 1.32. The molecule has 2 aliphatic rings. The predicted molar refractivity (Wildman–Crippen MR) is 174 cm³/mol. The zero-order valence-corrected chi connectivity index (χ0v) is 25.4. The number of aromatic nitrogens is 2. The van der Waals surface area contributed by atoms with Crippen LogP contribution in [-0.2, 0) is 22.4 Å². The molecule has 0 spiro atoms. The molecule has 0 unspecified atom stereocenters. The summed E-state index contributed by atoms with van der Waals surface area (Å²) in [7, 11) is 0. The van der Waals surface area contributed by atoms with Crippen molar-refractivity contribution < 1.29 is 19.8 Å². The molecule has 2 fully saturated rings. The van der Waals surface area contributed by atoms with E-state index >= 15 is 0 Å². The van der Waals surface area contributed by atoms with Crippen LogP contribution in [0.5, 0.6) is 0 Å². The Morgan fingerprint density at radius 1 is 0.614 bits per heavy atom. The first kappa shape index (κ1) is 30.2. The molecule has 0 radical (unpaired) electrons. The van der Waals surface area contributed by atoms with Crippen molar-refractivity contribution in [2.75, 3.05) is 13.1 Å². The molecule has 2 aromatic carbocycles. The number of hydrogen-bond donors (Lipinski definition) is 6. The van der Waals surface area contributed by atoms with Gasteiger partial charge in [0.15, 0.2) is 0 Å². The zero-order valence-electron chi connectivity index (χ0n) is 25.4. The van der Waals surface area contributed by atoms with Gasteiger partial charge in [-0.3, -0.25) is 0 Å². The number of hydrogen-bond acceptors (Lipinski definition) is 4. The SMILES string of the molecule is O=C(O)/C(=C(/C(=O)O)C1(NCCc2c[nH]c3ccccc23)CCCCC1)C1(NCCc2c[nH]c3ccccc23)CCCCC1. The third-order valence-electron chi connectivity index (χ3n) is 10.1. The summed E-state index contributed by atoms with van der Waals surface area (Å²) >= 11 is 0. The van der Waals surface area contributed by atoms with Crippen LogP contribution in [0, 0.1) is 0 Å². The lowest BCUT2D eigenvalue weighted by Gasteiger charge is -2.45. The lowest BCUT2D eigenvalue weighted by Crippen LogP contribution is -2.57. The maximum Gasteiger partial charge on any atom is 0.334 e. The fourth-order valence-corrected chi connectivity index (χ4v) is 7.99. The standard InChI is InChI=1S/C36H44N4O4/c41-33(42)31(35(17-7-1-8-18-35)39-21-15-25-23-37-29-13-5-3-11-27(25)29)32(34(43)44)36(19-9-2-10-20-36)40-22-16-26-24-38-30-14-6-4-12-28(26)30/h3-6,11-14,23-24,37-40H,1-2,7-10,15-22H2,(H,41,42)(H,43,44)/b32-31+. The second kappa shape index (κ2) is 13.0. The van der Waals surface area contributed by atoms with Gasteiger partial charge in [-0.05, 0) is 61.8 Å². The zero-order chi connectivity index (χ0) is 30.6. The number of H-pyrrole nitrogens is 2. The molecule has 2 aliphatic carbocycles. The molecule has 6 rings (SSSR count). The number of nitrogens with one attached hydrogen (secondary N) is 4. The average Bonchev–Trinajstić information content (AvgIpc) is 3.64. The Morgan fingerprint density at radius 2 is 1.00 bits per heavy atom. The van der Waals surface area contributed by atoms with E-state index in [4.69, 9.17) is 0 Å². The summed E-state index contributed by atoms with van der Waals surface area (Å²) < 4.78 is 0. The summed E-state index contributed by atoms with van der Waals surface area (Å²) in [4.78, 5) is 33.3. The third-order valence-corrected chi connectivity index (χ3v) is 10.1. The lowest BCUT2D eigenvalue weighted by atomic mass is 9.68. The van der Waals surface area contributed by atoms with Gasteiger partial charge in [-0.15, -0.1) is 0 Å². The van der Waals surface area contributed by atoms with Crippen LogP contribution < -0.4 is 10.6 Å².